The Morgan fingerprint density at radius 1 is 1.58 bits per heavy atom. The predicted octanol–water partition coefficient (Wildman–Crippen LogP) is -0.0127. The molecule has 0 aromatic rings. The summed E-state index contributed by atoms with van der Waals surface area (Å²) in [5.74, 6) is -2.06. The van der Waals surface area contributed by atoms with Crippen LogP contribution < -0.4 is 5.32 Å². The van der Waals surface area contributed by atoms with E-state index < -0.39 is 11.9 Å². The van der Waals surface area contributed by atoms with Crippen LogP contribution in [0.1, 0.15) is 19.3 Å². The lowest BCUT2D eigenvalue weighted by Gasteiger charge is -2.39. The van der Waals surface area contributed by atoms with Gasteiger partial charge in [-0.2, -0.15) is 0 Å². The zero-order chi connectivity index (χ0) is 8.77. The molecule has 1 unspecified atom stereocenters. The lowest BCUT2D eigenvalue weighted by atomic mass is 9.63. The third-order valence-electron chi connectivity index (χ3n) is 3.09. The zero-order valence-corrected chi connectivity index (χ0v) is 6.67. The number of carbonyl (C=O) groups excluding carboxylic acids is 1. The molecule has 1 saturated carbocycles. The average molecular weight is 169 g/mol. The van der Waals surface area contributed by atoms with Crippen LogP contribution in [0, 0.1) is 11.3 Å². The molecule has 0 aromatic heterocycles. The minimum Gasteiger partial charge on any atom is -0.481 e. The number of carboxylic acids is 1. The van der Waals surface area contributed by atoms with Crippen LogP contribution in [0.5, 0.6) is 0 Å². The van der Waals surface area contributed by atoms with Crippen molar-refractivity contribution >= 4 is 11.9 Å². The van der Waals surface area contributed by atoms with E-state index in [9.17, 15) is 9.59 Å². The van der Waals surface area contributed by atoms with E-state index in [0.717, 1.165) is 19.3 Å². The van der Waals surface area contributed by atoms with Crippen molar-refractivity contribution in [3.63, 3.8) is 0 Å². The molecule has 4 heteroatoms. The molecule has 4 nitrogen and oxygen atoms in total. The molecule has 1 aliphatic carbocycles. The highest BCUT2D eigenvalue weighted by atomic mass is 16.4. The molecule has 2 fully saturated rings. The van der Waals surface area contributed by atoms with E-state index in [0.29, 0.717) is 6.54 Å². The van der Waals surface area contributed by atoms with Gasteiger partial charge in [-0.25, -0.2) is 0 Å². The normalized spacial score (nSPS) is 31.3. The van der Waals surface area contributed by atoms with Crippen molar-refractivity contribution in [1.29, 1.82) is 0 Å². The van der Waals surface area contributed by atoms with Gasteiger partial charge < -0.3 is 10.4 Å². The van der Waals surface area contributed by atoms with Gasteiger partial charge in [-0.1, -0.05) is 6.42 Å². The van der Waals surface area contributed by atoms with Crippen LogP contribution in [0.25, 0.3) is 0 Å². The van der Waals surface area contributed by atoms with E-state index >= 15 is 0 Å². The lowest BCUT2D eigenvalue weighted by Crippen LogP contribution is -2.41. The first kappa shape index (κ1) is 7.58. The summed E-state index contributed by atoms with van der Waals surface area (Å²) >= 11 is 0. The van der Waals surface area contributed by atoms with Crippen LogP contribution in [0.4, 0.5) is 0 Å². The molecule has 66 valence electrons. The van der Waals surface area contributed by atoms with E-state index in [2.05, 4.69) is 5.32 Å². The predicted molar refractivity (Wildman–Crippen MR) is 40.4 cm³/mol. The molecule has 1 heterocycles. The van der Waals surface area contributed by atoms with Gasteiger partial charge in [0.05, 0.1) is 0 Å². The number of aliphatic carboxylic acids is 1. The van der Waals surface area contributed by atoms with Crippen LogP contribution in [-0.4, -0.2) is 23.5 Å². The Morgan fingerprint density at radius 3 is 2.58 bits per heavy atom. The van der Waals surface area contributed by atoms with Crippen LogP contribution in [0.3, 0.4) is 0 Å². The molecule has 1 atom stereocenters. The van der Waals surface area contributed by atoms with Crippen LogP contribution in [0.2, 0.25) is 0 Å². The molecule has 0 bridgehead atoms. The summed E-state index contributed by atoms with van der Waals surface area (Å²) < 4.78 is 0. The SMILES string of the molecule is O=C(O)C1C(=O)NCC12CCC2. The molecular formula is C8H11NO3. The summed E-state index contributed by atoms with van der Waals surface area (Å²) in [4.78, 5) is 21.9. The Morgan fingerprint density at radius 2 is 2.25 bits per heavy atom. The van der Waals surface area contributed by atoms with Crippen molar-refractivity contribution in [2.24, 2.45) is 11.3 Å². The van der Waals surface area contributed by atoms with Crippen molar-refractivity contribution in [1.82, 2.24) is 5.32 Å². The standard InChI is InChI=1S/C8H11NO3/c10-6-5(7(11)12)8(4-9-6)2-1-3-8/h5H,1-4H2,(H,9,10)(H,11,12). The van der Waals surface area contributed by atoms with Gasteiger partial charge >= 0.3 is 5.97 Å². The van der Waals surface area contributed by atoms with Gasteiger partial charge in [-0.3, -0.25) is 9.59 Å². The molecule has 1 spiro atoms. The van der Waals surface area contributed by atoms with E-state index in [4.69, 9.17) is 5.11 Å². The minimum absolute atomic E-state index is 0.233. The van der Waals surface area contributed by atoms with Gasteiger partial charge in [0.15, 0.2) is 0 Å². The molecule has 2 rings (SSSR count). The Hall–Kier alpha value is -1.06. The summed E-state index contributed by atoms with van der Waals surface area (Å²) in [5, 5.41) is 11.4. The van der Waals surface area contributed by atoms with Gasteiger partial charge in [-0.05, 0) is 12.8 Å². The number of rotatable bonds is 1. The second kappa shape index (κ2) is 2.21. The van der Waals surface area contributed by atoms with E-state index in [1.807, 2.05) is 0 Å². The number of hydrogen-bond donors (Lipinski definition) is 2. The molecule has 1 amide bonds. The van der Waals surface area contributed by atoms with Gasteiger partial charge in [0.1, 0.15) is 5.92 Å². The Bertz CT molecular complexity index is 245. The van der Waals surface area contributed by atoms with Gasteiger partial charge in [-0.15, -0.1) is 0 Å². The first-order valence-electron chi connectivity index (χ1n) is 4.16. The van der Waals surface area contributed by atoms with E-state index in [1.165, 1.54) is 0 Å². The maximum atomic E-state index is 11.1. The van der Waals surface area contributed by atoms with E-state index in [1.54, 1.807) is 0 Å². The quantitative estimate of drug-likeness (QED) is 0.542. The van der Waals surface area contributed by atoms with Crippen molar-refractivity contribution in [3.8, 4) is 0 Å². The van der Waals surface area contributed by atoms with Crippen LogP contribution in [0.15, 0.2) is 0 Å². The van der Waals surface area contributed by atoms with Gasteiger partial charge in [0, 0.05) is 12.0 Å². The van der Waals surface area contributed by atoms with E-state index in [-0.39, 0.29) is 11.3 Å². The smallest absolute Gasteiger partial charge is 0.316 e. The first-order valence-corrected chi connectivity index (χ1v) is 4.16. The summed E-state index contributed by atoms with van der Waals surface area (Å²) in [6.07, 6.45) is 2.81. The number of amides is 1. The Balaban J connectivity index is 2.25. The van der Waals surface area contributed by atoms with Gasteiger partial charge in [0.2, 0.25) is 5.91 Å². The zero-order valence-electron chi connectivity index (χ0n) is 6.67. The van der Waals surface area contributed by atoms with Crippen molar-refractivity contribution in [2.45, 2.75) is 19.3 Å². The molecule has 0 radical (unpaired) electrons. The molecule has 0 aromatic carbocycles. The summed E-state index contributed by atoms with van der Waals surface area (Å²) in [5.41, 5.74) is -0.233. The van der Waals surface area contributed by atoms with Crippen molar-refractivity contribution in [3.05, 3.63) is 0 Å². The summed E-state index contributed by atoms with van der Waals surface area (Å²) in [6, 6.07) is 0. The highest BCUT2D eigenvalue weighted by Gasteiger charge is 2.55. The number of hydrogen-bond acceptors (Lipinski definition) is 2. The number of carboxylic acid groups (broad SMARTS) is 1. The fourth-order valence-corrected chi connectivity index (χ4v) is 2.22. The molecule has 1 saturated heterocycles. The Kier molecular flexibility index (Phi) is 1.40. The highest BCUT2D eigenvalue weighted by molar-refractivity contribution is 5.99. The number of carbonyl (C=O) groups is 2. The highest BCUT2D eigenvalue weighted by Crippen LogP contribution is 2.49. The van der Waals surface area contributed by atoms with Crippen LogP contribution >= 0.6 is 0 Å². The lowest BCUT2D eigenvalue weighted by molar-refractivity contribution is -0.151. The fourth-order valence-electron chi connectivity index (χ4n) is 2.22. The van der Waals surface area contributed by atoms with Crippen LogP contribution in [-0.2, 0) is 9.59 Å². The molecule has 2 N–H and O–H groups in total. The molecular weight excluding hydrogens is 158 g/mol. The minimum atomic E-state index is -0.968. The fraction of sp³-hybridized carbons (Fsp3) is 0.750. The maximum absolute atomic E-state index is 11.1. The third-order valence-corrected chi connectivity index (χ3v) is 3.09. The maximum Gasteiger partial charge on any atom is 0.316 e. The second-order valence-electron chi connectivity index (χ2n) is 3.70. The topological polar surface area (TPSA) is 66.4 Å². The first-order chi connectivity index (χ1) is 5.66. The van der Waals surface area contributed by atoms with Crippen molar-refractivity contribution < 1.29 is 14.7 Å². The largest absolute Gasteiger partial charge is 0.481 e. The molecule has 12 heavy (non-hydrogen) atoms. The summed E-state index contributed by atoms with van der Waals surface area (Å²) in [7, 11) is 0. The third kappa shape index (κ3) is 0.777. The molecule has 1 aliphatic heterocycles. The van der Waals surface area contributed by atoms with Gasteiger partial charge in [0.25, 0.3) is 0 Å². The molecule has 2 aliphatic rings. The number of nitrogens with one attached hydrogen (secondary N) is 1. The second-order valence-corrected chi connectivity index (χ2v) is 3.70. The average Bonchev–Trinajstić information content (AvgIpc) is 2.25. The van der Waals surface area contributed by atoms with Crippen molar-refractivity contribution in [2.75, 3.05) is 6.54 Å². The monoisotopic (exact) mass is 169 g/mol. The summed E-state index contributed by atoms with van der Waals surface area (Å²) in [6.45, 7) is 0.558. The Labute approximate surface area is 69.9 Å².